The quantitative estimate of drug-likeness (QED) is 0.0190. The van der Waals surface area contributed by atoms with Gasteiger partial charge in [0.25, 0.3) is 0 Å². The molecule has 0 bridgehead atoms. The van der Waals surface area contributed by atoms with Crippen LogP contribution >= 0.6 is 7.82 Å². The summed E-state index contributed by atoms with van der Waals surface area (Å²) in [7, 11) is -4.39. The number of allylic oxidation sites excluding steroid dienone is 5. The molecule has 1 amide bonds. The number of aliphatic hydroxyl groups is 2. The Morgan fingerprint density at radius 3 is 1.77 bits per heavy atom. The second kappa shape index (κ2) is 34.1. The van der Waals surface area contributed by atoms with Crippen LogP contribution in [-0.2, 0) is 18.4 Å². The molecule has 0 radical (unpaired) electrons. The van der Waals surface area contributed by atoms with Gasteiger partial charge in [0.2, 0.25) is 5.91 Å². The lowest BCUT2D eigenvalue weighted by molar-refractivity contribution is -0.124. The predicted molar refractivity (Wildman–Crippen MR) is 200 cm³/mol. The Labute approximate surface area is 293 Å². The van der Waals surface area contributed by atoms with E-state index in [2.05, 4.69) is 43.5 Å². The number of nitrogens with two attached hydrogens (primary N) is 1. The first-order valence-corrected chi connectivity index (χ1v) is 20.7. The number of aliphatic hydroxyl groups excluding tert-OH is 2. The number of hydrogen-bond acceptors (Lipinski definition) is 7. The Morgan fingerprint density at radius 1 is 0.729 bits per heavy atom. The van der Waals surface area contributed by atoms with Crippen molar-refractivity contribution < 1.29 is 33.5 Å². The minimum absolute atomic E-state index is 0.0473. The fraction of sp³-hybridized carbons (Fsp3) is 0.816. The second-order valence-corrected chi connectivity index (χ2v) is 14.5. The summed E-state index contributed by atoms with van der Waals surface area (Å²) in [5, 5.41) is 23.9. The van der Waals surface area contributed by atoms with Crippen LogP contribution in [0.2, 0.25) is 0 Å². The number of rotatable bonds is 35. The molecular weight excluding hydrogens is 627 g/mol. The van der Waals surface area contributed by atoms with Crippen LogP contribution in [0.5, 0.6) is 0 Å². The molecule has 4 atom stereocenters. The highest BCUT2D eigenvalue weighted by Gasteiger charge is 2.27. The number of carbonyl (C=O) groups excluding carboxylic acids is 1. The molecule has 48 heavy (non-hydrogen) atoms. The van der Waals surface area contributed by atoms with E-state index in [9.17, 15) is 24.5 Å². The fourth-order valence-electron chi connectivity index (χ4n) is 5.34. The van der Waals surface area contributed by atoms with E-state index in [4.69, 9.17) is 14.8 Å². The highest BCUT2D eigenvalue weighted by atomic mass is 31.2. The molecule has 0 aliphatic heterocycles. The van der Waals surface area contributed by atoms with Crippen LogP contribution < -0.4 is 11.1 Å². The van der Waals surface area contributed by atoms with Gasteiger partial charge in [0.15, 0.2) is 0 Å². The third-order valence-electron chi connectivity index (χ3n) is 8.29. The molecule has 0 saturated carbocycles. The SMILES string of the molecule is CCCCC/C=C\C=C/CCCCCCCCCCC(O)CC(=O)NC(COP(=O)(O)OCCN)C(O)/C=C/CCCCCCCCC. The molecule has 0 saturated heterocycles. The van der Waals surface area contributed by atoms with Gasteiger partial charge in [-0.3, -0.25) is 13.8 Å². The summed E-state index contributed by atoms with van der Waals surface area (Å²) in [6, 6.07) is -0.981. The summed E-state index contributed by atoms with van der Waals surface area (Å²) < 4.78 is 21.9. The molecular formula is C38H73N2O7P. The average molecular weight is 701 g/mol. The van der Waals surface area contributed by atoms with Crippen LogP contribution in [0.4, 0.5) is 0 Å². The normalized spacial score (nSPS) is 15.4. The third-order valence-corrected chi connectivity index (χ3v) is 9.28. The molecule has 0 rings (SSSR count). The maximum atomic E-state index is 12.7. The van der Waals surface area contributed by atoms with Gasteiger partial charge < -0.3 is 26.2 Å². The van der Waals surface area contributed by atoms with E-state index in [1.165, 1.54) is 89.9 Å². The molecule has 0 aromatic rings. The van der Waals surface area contributed by atoms with Crippen molar-refractivity contribution in [1.29, 1.82) is 0 Å². The van der Waals surface area contributed by atoms with Gasteiger partial charge in [-0.15, -0.1) is 0 Å². The average Bonchev–Trinajstić information content (AvgIpc) is 3.06. The maximum Gasteiger partial charge on any atom is 0.472 e. The Hall–Kier alpha value is -1.32. The molecule has 0 aromatic carbocycles. The summed E-state index contributed by atoms with van der Waals surface area (Å²) in [4.78, 5) is 22.6. The van der Waals surface area contributed by atoms with Crippen LogP contribution in [0, 0.1) is 0 Å². The minimum atomic E-state index is -4.39. The fourth-order valence-corrected chi connectivity index (χ4v) is 6.10. The zero-order chi connectivity index (χ0) is 35.6. The standard InChI is InChI=1S/C38H73N2O7P/c1-3-5-7-9-11-13-14-15-16-17-18-19-20-22-23-25-27-29-35(41)33-38(43)40-36(34-47-48(44,45)46-32-31-39)37(42)30-28-26-24-21-12-10-8-6-4-2/h11,13-15,28,30,35-37,41-42H,3-10,12,16-27,29,31-34,39H2,1-2H3,(H,40,43)(H,44,45)/b13-11-,15-14-,30-28+. The van der Waals surface area contributed by atoms with E-state index >= 15 is 0 Å². The van der Waals surface area contributed by atoms with Gasteiger partial charge in [-0.1, -0.05) is 147 Å². The molecule has 9 nitrogen and oxygen atoms in total. The number of unbranched alkanes of at least 4 members (excludes halogenated alkanes) is 18. The number of phosphoric acid groups is 1. The van der Waals surface area contributed by atoms with E-state index in [-0.39, 0.29) is 19.6 Å². The first-order chi connectivity index (χ1) is 23.3. The molecule has 0 aliphatic rings. The summed E-state index contributed by atoms with van der Waals surface area (Å²) in [6.45, 7) is 3.88. The highest BCUT2D eigenvalue weighted by molar-refractivity contribution is 7.47. The topological polar surface area (TPSA) is 151 Å². The highest BCUT2D eigenvalue weighted by Crippen LogP contribution is 2.43. The Morgan fingerprint density at radius 2 is 1.21 bits per heavy atom. The molecule has 4 unspecified atom stereocenters. The maximum absolute atomic E-state index is 12.7. The van der Waals surface area contributed by atoms with Crippen molar-refractivity contribution in [1.82, 2.24) is 5.32 Å². The molecule has 10 heteroatoms. The lowest BCUT2D eigenvalue weighted by Crippen LogP contribution is -2.46. The molecule has 6 N–H and O–H groups in total. The summed E-state index contributed by atoms with van der Waals surface area (Å²) in [5.74, 6) is -0.455. The number of phosphoric ester groups is 1. The van der Waals surface area contributed by atoms with Crippen LogP contribution in [0.25, 0.3) is 0 Å². The van der Waals surface area contributed by atoms with Crippen molar-refractivity contribution in [2.45, 2.75) is 180 Å². The van der Waals surface area contributed by atoms with Crippen molar-refractivity contribution in [2.75, 3.05) is 19.8 Å². The lowest BCUT2D eigenvalue weighted by atomic mass is 10.0. The number of carbonyl (C=O) groups is 1. The molecule has 0 fully saturated rings. The molecule has 282 valence electrons. The minimum Gasteiger partial charge on any atom is -0.393 e. The lowest BCUT2D eigenvalue weighted by Gasteiger charge is -2.24. The number of nitrogens with one attached hydrogen (secondary N) is 1. The molecule has 0 aliphatic carbocycles. The van der Waals surface area contributed by atoms with Crippen molar-refractivity contribution in [3.63, 3.8) is 0 Å². The van der Waals surface area contributed by atoms with Gasteiger partial charge in [0.05, 0.1) is 37.9 Å². The zero-order valence-electron chi connectivity index (χ0n) is 30.6. The molecule has 0 aromatic heterocycles. The van der Waals surface area contributed by atoms with Gasteiger partial charge >= 0.3 is 7.82 Å². The number of amides is 1. The van der Waals surface area contributed by atoms with Crippen molar-refractivity contribution in [3.8, 4) is 0 Å². The van der Waals surface area contributed by atoms with E-state index in [1.54, 1.807) is 6.08 Å². The van der Waals surface area contributed by atoms with Crippen molar-refractivity contribution in [3.05, 3.63) is 36.5 Å². The Balaban J connectivity index is 4.33. The Bertz CT molecular complexity index is 868. The molecule has 0 heterocycles. The van der Waals surface area contributed by atoms with E-state index in [1.807, 2.05) is 6.08 Å². The first-order valence-electron chi connectivity index (χ1n) is 19.2. The van der Waals surface area contributed by atoms with Crippen LogP contribution in [0.3, 0.4) is 0 Å². The van der Waals surface area contributed by atoms with Gasteiger partial charge in [0, 0.05) is 6.54 Å². The number of hydrogen-bond donors (Lipinski definition) is 5. The van der Waals surface area contributed by atoms with Crippen molar-refractivity contribution >= 4 is 13.7 Å². The van der Waals surface area contributed by atoms with Crippen LogP contribution in [0.1, 0.15) is 162 Å². The summed E-state index contributed by atoms with van der Waals surface area (Å²) in [5.41, 5.74) is 5.33. The first kappa shape index (κ1) is 46.7. The van der Waals surface area contributed by atoms with E-state index < -0.39 is 38.6 Å². The smallest absolute Gasteiger partial charge is 0.393 e. The predicted octanol–water partition coefficient (Wildman–Crippen LogP) is 8.97. The van der Waals surface area contributed by atoms with Gasteiger partial charge in [-0.05, 0) is 44.9 Å². The summed E-state index contributed by atoms with van der Waals surface area (Å²) >= 11 is 0. The van der Waals surface area contributed by atoms with Crippen LogP contribution in [-0.4, -0.2) is 59.0 Å². The van der Waals surface area contributed by atoms with Crippen molar-refractivity contribution in [2.24, 2.45) is 5.73 Å². The Kier molecular flexibility index (Phi) is 33.2. The zero-order valence-corrected chi connectivity index (χ0v) is 31.5. The van der Waals surface area contributed by atoms with Crippen LogP contribution in [0.15, 0.2) is 36.5 Å². The van der Waals surface area contributed by atoms with Gasteiger partial charge in [0.1, 0.15) is 0 Å². The van der Waals surface area contributed by atoms with Gasteiger partial charge in [-0.2, -0.15) is 0 Å². The summed E-state index contributed by atoms with van der Waals surface area (Å²) in [6.07, 6.45) is 35.2. The molecule has 0 spiro atoms. The van der Waals surface area contributed by atoms with Gasteiger partial charge in [-0.25, -0.2) is 4.57 Å². The largest absolute Gasteiger partial charge is 0.472 e. The second-order valence-electron chi connectivity index (χ2n) is 13.0. The van der Waals surface area contributed by atoms with E-state index in [0.717, 1.165) is 44.9 Å². The monoisotopic (exact) mass is 701 g/mol. The third kappa shape index (κ3) is 31.9. The van der Waals surface area contributed by atoms with E-state index in [0.29, 0.717) is 6.42 Å².